The summed E-state index contributed by atoms with van der Waals surface area (Å²) in [4.78, 5) is 1.20. The van der Waals surface area contributed by atoms with Gasteiger partial charge >= 0.3 is 0 Å². The van der Waals surface area contributed by atoms with Crippen LogP contribution in [-0.2, 0) is 6.42 Å². The molecule has 2 aromatic rings. The molecule has 14 heavy (non-hydrogen) atoms. The molecule has 1 nitrogen and oxygen atoms in total. The van der Waals surface area contributed by atoms with Crippen molar-refractivity contribution in [3.05, 3.63) is 34.2 Å². The second-order valence-corrected chi connectivity index (χ2v) is 5.03. The number of thiophene rings is 1. The molecule has 1 aromatic carbocycles. The fourth-order valence-electron chi connectivity index (χ4n) is 1.49. The van der Waals surface area contributed by atoms with Gasteiger partial charge in [-0.2, -0.15) is 0 Å². The Balaban J connectivity index is 2.51. The molecule has 0 spiro atoms. The van der Waals surface area contributed by atoms with Gasteiger partial charge in [0, 0.05) is 21.0 Å². The maximum Gasteiger partial charge on any atom is 0.0624 e. The van der Waals surface area contributed by atoms with E-state index in [1.54, 1.807) is 11.3 Å². The van der Waals surface area contributed by atoms with Gasteiger partial charge in [0.15, 0.2) is 0 Å². The lowest BCUT2D eigenvalue weighted by molar-refractivity contribution is 0.747. The van der Waals surface area contributed by atoms with Crippen LogP contribution in [0.2, 0.25) is 5.02 Å². The average molecular weight is 226 g/mol. The van der Waals surface area contributed by atoms with Gasteiger partial charge in [-0.3, -0.25) is 0 Å². The molecule has 0 saturated carbocycles. The van der Waals surface area contributed by atoms with Crippen LogP contribution in [0.1, 0.15) is 11.8 Å². The second kappa shape index (κ2) is 3.89. The molecule has 0 saturated heterocycles. The van der Waals surface area contributed by atoms with Crippen molar-refractivity contribution < 1.29 is 0 Å². The summed E-state index contributed by atoms with van der Waals surface area (Å²) in [6.45, 7) is 2.00. The summed E-state index contributed by atoms with van der Waals surface area (Å²) in [5.74, 6) is 0. The summed E-state index contributed by atoms with van der Waals surface area (Å²) in [5.41, 5.74) is 5.76. The maximum atomic E-state index is 6.26. The Hall–Kier alpha value is -0.570. The largest absolute Gasteiger partial charge is 0.328 e. The number of hydrogen-bond acceptors (Lipinski definition) is 2. The monoisotopic (exact) mass is 225 g/mol. The molecule has 74 valence electrons. The van der Waals surface area contributed by atoms with E-state index in [4.69, 9.17) is 17.3 Å². The highest BCUT2D eigenvalue weighted by Gasteiger charge is 2.10. The summed E-state index contributed by atoms with van der Waals surface area (Å²) in [5, 5.41) is 2.03. The van der Waals surface area contributed by atoms with Crippen molar-refractivity contribution in [1.29, 1.82) is 0 Å². The van der Waals surface area contributed by atoms with Crippen molar-refractivity contribution in [1.82, 2.24) is 0 Å². The third-order valence-corrected chi connectivity index (χ3v) is 3.85. The van der Waals surface area contributed by atoms with Crippen molar-refractivity contribution in [3.8, 4) is 0 Å². The van der Waals surface area contributed by atoms with Crippen LogP contribution in [0.25, 0.3) is 10.1 Å². The topological polar surface area (TPSA) is 26.0 Å². The molecule has 0 radical (unpaired) electrons. The Morgan fingerprint density at radius 2 is 2.14 bits per heavy atom. The number of benzene rings is 1. The van der Waals surface area contributed by atoms with Gasteiger partial charge in [-0.1, -0.05) is 29.8 Å². The van der Waals surface area contributed by atoms with E-state index in [9.17, 15) is 0 Å². The molecule has 2 rings (SSSR count). The number of rotatable bonds is 2. The fraction of sp³-hybridized carbons (Fsp3) is 0.273. The molecule has 0 aliphatic rings. The van der Waals surface area contributed by atoms with Crippen LogP contribution in [-0.4, -0.2) is 6.04 Å². The SMILES string of the molecule is CC(N)Cc1sc2ccccc2c1Cl. The predicted molar refractivity (Wildman–Crippen MR) is 64.2 cm³/mol. The zero-order chi connectivity index (χ0) is 10.1. The van der Waals surface area contributed by atoms with Crippen LogP contribution >= 0.6 is 22.9 Å². The lowest BCUT2D eigenvalue weighted by Gasteiger charge is -2.01. The maximum absolute atomic E-state index is 6.26. The normalized spacial score (nSPS) is 13.4. The smallest absolute Gasteiger partial charge is 0.0624 e. The molecule has 0 fully saturated rings. The van der Waals surface area contributed by atoms with E-state index < -0.39 is 0 Å². The van der Waals surface area contributed by atoms with Crippen molar-refractivity contribution in [2.24, 2.45) is 5.73 Å². The second-order valence-electron chi connectivity index (χ2n) is 3.52. The van der Waals surface area contributed by atoms with Crippen LogP contribution in [0.3, 0.4) is 0 Å². The summed E-state index contributed by atoms with van der Waals surface area (Å²) in [7, 11) is 0. The van der Waals surface area contributed by atoms with E-state index in [0.29, 0.717) is 0 Å². The molecular formula is C11H12ClNS. The molecule has 3 heteroatoms. The van der Waals surface area contributed by atoms with E-state index in [-0.39, 0.29) is 6.04 Å². The van der Waals surface area contributed by atoms with Gasteiger partial charge in [0.25, 0.3) is 0 Å². The van der Waals surface area contributed by atoms with E-state index >= 15 is 0 Å². The van der Waals surface area contributed by atoms with Crippen molar-refractivity contribution in [2.45, 2.75) is 19.4 Å². The highest BCUT2D eigenvalue weighted by molar-refractivity contribution is 7.19. The van der Waals surface area contributed by atoms with Gasteiger partial charge in [-0.25, -0.2) is 0 Å². The van der Waals surface area contributed by atoms with Gasteiger partial charge in [0.05, 0.1) is 5.02 Å². The van der Waals surface area contributed by atoms with Gasteiger partial charge in [-0.05, 0) is 19.4 Å². The van der Waals surface area contributed by atoms with Gasteiger partial charge in [0.2, 0.25) is 0 Å². The Morgan fingerprint density at radius 1 is 1.43 bits per heavy atom. The fourth-order valence-corrected chi connectivity index (χ4v) is 3.14. The summed E-state index contributed by atoms with van der Waals surface area (Å²) >= 11 is 8.00. The summed E-state index contributed by atoms with van der Waals surface area (Å²) in [6, 6.07) is 8.36. The molecule has 1 aromatic heterocycles. The van der Waals surface area contributed by atoms with E-state index in [1.165, 1.54) is 9.58 Å². The van der Waals surface area contributed by atoms with Crippen LogP contribution < -0.4 is 5.73 Å². The van der Waals surface area contributed by atoms with Crippen molar-refractivity contribution in [3.63, 3.8) is 0 Å². The third kappa shape index (κ3) is 1.78. The first-order valence-electron chi connectivity index (χ1n) is 4.60. The average Bonchev–Trinajstić information content (AvgIpc) is 2.44. The molecule has 2 N–H and O–H groups in total. The first kappa shape index (κ1) is 9.97. The van der Waals surface area contributed by atoms with E-state index in [2.05, 4.69) is 12.1 Å². The molecule has 1 heterocycles. The van der Waals surface area contributed by atoms with E-state index in [1.807, 2.05) is 19.1 Å². The molecule has 0 aliphatic heterocycles. The summed E-state index contributed by atoms with van der Waals surface area (Å²) in [6.07, 6.45) is 0.859. The lowest BCUT2D eigenvalue weighted by atomic mass is 10.2. The van der Waals surface area contributed by atoms with Gasteiger partial charge in [-0.15, -0.1) is 11.3 Å². The Kier molecular flexibility index (Phi) is 2.77. The zero-order valence-corrected chi connectivity index (χ0v) is 9.53. The number of nitrogens with two attached hydrogens (primary N) is 1. The van der Waals surface area contributed by atoms with Crippen LogP contribution in [0.4, 0.5) is 0 Å². The zero-order valence-electron chi connectivity index (χ0n) is 7.96. The Morgan fingerprint density at radius 3 is 2.79 bits per heavy atom. The highest BCUT2D eigenvalue weighted by atomic mass is 35.5. The van der Waals surface area contributed by atoms with E-state index in [0.717, 1.165) is 16.8 Å². The standard InChI is InChI=1S/C11H12ClNS/c1-7(13)6-10-11(12)8-4-2-3-5-9(8)14-10/h2-5,7H,6,13H2,1H3. The molecule has 0 aliphatic carbocycles. The minimum absolute atomic E-state index is 0.167. The minimum atomic E-state index is 0.167. The quantitative estimate of drug-likeness (QED) is 0.833. The molecule has 1 atom stereocenters. The molecule has 1 unspecified atom stereocenters. The number of fused-ring (bicyclic) bond motifs is 1. The summed E-state index contributed by atoms with van der Waals surface area (Å²) < 4.78 is 1.24. The van der Waals surface area contributed by atoms with Crippen molar-refractivity contribution in [2.75, 3.05) is 0 Å². The Labute approximate surface area is 92.5 Å². The molecule has 0 amide bonds. The highest BCUT2D eigenvalue weighted by Crippen LogP contribution is 2.35. The van der Waals surface area contributed by atoms with Crippen LogP contribution in [0, 0.1) is 0 Å². The molecular weight excluding hydrogens is 214 g/mol. The first-order chi connectivity index (χ1) is 6.68. The minimum Gasteiger partial charge on any atom is -0.328 e. The van der Waals surface area contributed by atoms with Gasteiger partial charge in [0.1, 0.15) is 0 Å². The lowest BCUT2D eigenvalue weighted by Crippen LogP contribution is -2.17. The third-order valence-electron chi connectivity index (χ3n) is 2.11. The number of hydrogen-bond donors (Lipinski definition) is 1. The molecule has 0 bridgehead atoms. The van der Waals surface area contributed by atoms with Crippen LogP contribution in [0.5, 0.6) is 0 Å². The Bertz CT molecular complexity index is 447. The van der Waals surface area contributed by atoms with Crippen molar-refractivity contribution >= 4 is 33.0 Å². The predicted octanol–water partition coefficient (Wildman–Crippen LogP) is 3.44. The van der Waals surface area contributed by atoms with Gasteiger partial charge < -0.3 is 5.73 Å². The first-order valence-corrected chi connectivity index (χ1v) is 5.79. The van der Waals surface area contributed by atoms with Crippen LogP contribution in [0.15, 0.2) is 24.3 Å². The number of halogens is 1.